The molecule has 4 aliphatic heterocycles. The zero-order valence-corrected chi connectivity index (χ0v) is 33.1. The summed E-state index contributed by atoms with van der Waals surface area (Å²) in [5, 5.41) is 0. The highest BCUT2D eigenvalue weighted by Crippen LogP contribution is 2.44. The highest BCUT2D eigenvalue weighted by atomic mass is 16.9. The third-order valence-corrected chi connectivity index (χ3v) is 10.5. The van der Waals surface area contributed by atoms with E-state index in [4.69, 9.17) is 52.1 Å². The van der Waals surface area contributed by atoms with Crippen LogP contribution in [0.5, 0.6) is 0 Å². The van der Waals surface area contributed by atoms with E-state index in [0.29, 0.717) is 26.4 Å². The first-order chi connectivity index (χ1) is 27.7. The molecule has 11 nitrogen and oxygen atoms in total. The lowest BCUT2D eigenvalue weighted by Crippen LogP contribution is -2.62. The van der Waals surface area contributed by atoms with Crippen LogP contribution in [0.25, 0.3) is 0 Å². The highest BCUT2D eigenvalue weighted by Gasteiger charge is 2.61. The normalized spacial score (nSPS) is 31.4. The molecule has 0 radical (unpaired) electrons. The van der Waals surface area contributed by atoms with Crippen molar-refractivity contribution in [2.45, 2.75) is 127 Å². The van der Waals surface area contributed by atoms with E-state index in [2.05, 4.69) is 0 Å². The smallest absolute Gasteiger partial charge is 0.190 e. The Labute approximate surface area is 335 Å². The lowest BCUT2D eigenvalue weighted by atomic mass is 9.97. The van der Waals surface area contributed by atoms with Gasteiger partial charge >= 0.3 is 0 Å². The molecule has 57 heavy (non-hydrogen) atoms. The van der Waals surface area contributed by atoms with Gasteiger partial charge in [-0.2, -0.15) is 0 Å². The lowest BCUT2D eigenvalue weighted by molar-refractivity contribution is -0.337. The predicted molar refractivity (Wildman–Crippen MR) is 208 cm³/mol. The van der Waals surface area contributed by atoms with Gasteiger partial charge in [-0.15, -0.1) is 0 Å². The van der Waals surface area contributed by atoms with E-state index in [9.17, 15) is 0 Å². The standard InChI is InChI=1S/C46H54O11/c1-45(2)54-38-36(53-44-42(40(38)55-45)56-46(3,4)57-44)30-51-43-41(50-28-34-23-15-8-16-24-34)39(49-27-33-21-13-7-14-22-33)37(48-26-32-19-11-6-12-20-32)35(52-43)29-47-25-31-17-9-5-10-18-31/h5-24,35-44H,25-30H2,1-4H3/t35-,36-,37-,38+,39+,40+,41-,42-,43+,44+/m1/s1. The molecule has 0 unspecified atom stereocenters. The summed E-state index contributed by atoms with van der Waals surface area (Å²) in [6, 6.07) is 40.2. The largest absolute Gasteiger partial charge is 0.374 e. The summed E-state index contributed by atoms with van der Waals surface area (Å²) in [5.41, 5.74) is 4.08. The molecule has 0 spiro atoms. The van der Waals surface area contributed by atoms with Crippen molar-refractivity contribution < 1.29 is 52.1 Å². The van der Waals surface area contributed by atoms with Gasteiger partial charge in [0.05, 0.1) is 39.6 Å². The molecule has 0 amide bonds. The van der Waals surface area contributed by atoms with Crippen LogP contribution < -0.4 is 0 Å². The first kappa shape index (κ1) is 40.2. The van der Waals surface area contributed by atoms with Crippen molar-refractivity contribution in [3.8, 4) is 0 Å². The summed E-state index contributed by atoms with van der Waals surface area (Å²) in [6.45, 7) is 9.15. The van der Waals surface area contributed by atoms with Crippen LogP contribution in [-0.2, 0) is 78.5 Å². The molecule has 0 saturated carbocycles. The fourth-order valence-electron chi connectivity index (χ4n) is 7.90. The molecule has 4 aliphatic rings. The van der Waals surface area contributed by atoms with Gasteiger partial charge < -0.3 is 52.1 Å². The molecule has 4 fully saturated rings. The van der Waals surface area contributed by atoms with E-state index < -0.39 is 73.0 Å². The van der Waals surface area contributed by atoms with E-state index >= 15 is 0 Å². The Bertz CT molecular complexity index is 1810. The summed E-state index contributed by atoms with van der Waals surface area (Å²) < 4.78 is 72.3. The Hall–Kier alpha value is -3.56. The Balaban J connectivity index is 1.09. The summed E-state index contributed by atoms with van der Waals surface area (Å²) >= 11 is 0. The number of fused-ring (bicyclic) bond motifs is 3. The molecule has 304 valence electrons. The second-order valence-electron chi connectivity index (χ2n) is 15.9. The van der Waals surface area contributed by atoms with Crippen LogP contribution in [0.2, 0.25) is 0 Å². The maximum atomic E-state index is 6.91. The van der Waals surface area contributed by atoms with Crippen LogP contribution in [0.4, 0.5) is 0 Å². The van der Waals surface area contributed by atoms with Crippen molar-refractivity contribution in [3.05, 3.63) is 144 Å². The second kappa shape index (κ2) is 18.1. The van der Waals surface area contributed by atoms with E-state index in [1.54, 1.807) is 0 Å². The van der Waals surface area contributed by atoms with Crippen LogP contribution in [0.15, 0.2) is 121 Å². The molecular formula is C46H54O11. The van der Waals surface area contributed by atoms with Gasteiger partial charge in [0.2, 0.25) is 0 Å². The van der Waals surface area contributed by atoms with Crippen LogP contribution in [0, 0.1) is 0 Å². The number of ether oxygens (including phenoxy) is 11. The minimum Gasteiger partial charge on any atom is -0.374 e. The minimum absolute atomic E-state index is 0.0853. The Morgan fingerprint density at radius 2 is 0.877 bits per heavy atom. The van der Waals surface area contributed by atoms with Gasteiger partial charge in [0.25, 0.3) is 0 Å². The highest BCUT2D eigenvalue weighted by molar-refractivity contribution is 5.16. The molecule has 10 atom stereocenters. The topological polar surface area (TPSA) is 102 Å². The number of rotatable bonds is 16. The summed E-state index contributed by atoms with van der Waals surface area (Å²) in [4.78, 5) is 0. The fraction of sp³-hybridized carbons (Fsp3) is 0.478. The molecule has 0 aliphatic carbocycles. The van der Waals surface area contributed by atoms with Gasteiger partial charge in [0.15, 0.2) is 24.2 Å². The van der Waals surface area contributed by atoms with Crippen molar-refractivity contribution in [1.29, 1.82) is 0 Å². The van der Waals surface area contributed by atoms with Crippen molar-refractivity contribution in [2.75, 3.05) is 13.2 Å². The molecule has 0 N–H and O–H groups in total. The van der Waals surface area contributed by atoms with Gasteiger partial charge in [0.1, 0.15) is 48.8 Å². The molecule has 11 heteroatoms. The predicted octanol–water partition coefficient (Wildman–Crippen LogP) is 7.10. The SMILES string of the molecule is CC1(C)O[C@H]2[C@@H](O1)[C@@H](CO[C@H]1O[C@H](COCc3ccccc3)[C@@H](OCc3ccccc3)[C@H](OCc3ccccc3)[C@H]1OCc1ccccc1)O[C@H]1OC(C)(C)O[C@@H]12. The fourth-order valence-corrected chi connectivity index (χ4v) is 7.90. The maximum Gasteiger partial charge on any atom is 0.190 e. The van der Waals surface area contributed by atoms with E-state index in [0.717, 1.165) is 22.3 Å². The van der Waals surface area contributed by atoms with Crippen LogP contribution in [0.3, 0.4) is 0 Å². The molecule has 0 aromatic heterocycles. The summed E-state index contributed by atoms with van der Waals surface area (Å²) in [5.74, 6) is -1.70. The summed E-state index contributed by atoms with van der Waals surface area (Å²) in [7, 11) is 0. The number of benzene rings is 4. The monoisotopic (exact) mass is 782 g/mol. The van der Waals surface area contributed by atoms with E-state index in [-0.39, 0.29) is 13.2 Å². The molecule has 4 aromatic rings. The van der Waals surface area contributed by atoms with Gasteiger partial charge in [-0.3, -0.25) is 0 Å². The zero-order chi connectivity index (χ0) is 39.2. The minimum atomic E-state index is -0.913. The quantitative estimate of drug-likeness (QED) is 0.116. The molecule has 4 heterocycles. The summed E-state index contributed by atoms with van der Waals surface area (Å²) in [6.07, 6.45) is -6.08. The lowest BCUT2D eigenvalue weighted by Gasteiger charge is -2.46. The Morgan fingerprint density at radius 3 is 1.44 bits per heavy atom. The van der Waals surface area contributed by atoms with Crippen LogP contribution in [-0.4, -0.2) is 86.2 Å². The van der Waals surface area contributed by atoms with Gasteiger partial charge in [-0.1, -0.05) is 121 Å². The molecule has 4 saturated heterocycles. The van der Waals surface area contributed by atoms with Crippen molar-refractivity contribution >= 4 is 0 Å². The third kappa shape index (κ3) is 10.2. The van der Waals surface area contributed by atoms with E-state index in [1.807, 2.05) is 149 Å². The van der Waals surface area contributed by atoms with Gasteiger partial charge in [0, 0.05) is 0 Å². The Kier molecular flexibility index (Phi) is 12.8. The first-order valence-electron chi connectivity index (χ1n) is 19.9. The van der Waals surface area contributed by atoms with Gasteiger partial charge in [-0.05, 0) is 49.9 Å². The van der Waals surface area contributed by atoms with E-state index in [1.165, 1.54) is 0 Å². The van der Waals surface area contributed by atoms with Crippen LogP contribution in [0.1, 0.15) is 49.9 Å². The average Bonchev–Trinajstić information content (AvgIpc) is 3.73. The average molecular weight is 783 g/mol. The van der Waals surface area contributed by atoms with Crippen LogP contribution >= 0.6 is 0 Å². The van der Waals surface area contributed by atoms with Gasteiger partial charge in [-0.25, -0.2) is 0 Å². The number of hydrogen-bond donors (Lipinski definition) is 0. The van der Waals surface area contributed by atoms with Crippen molar-refractivity contribution in [2.24, 2.45) is 0 Å². The maximum absolute atomic E-state index is 6.91. The molecule has 0 bridgehead atoms. The third-order valence-electron chi connectivity index (χ3n) is 10.5. The first-order valence-corrected chi connectivity index (χ1v) is 19.9. The Morgan fingerprint density at radius 1 is 0.421 bits per heavy atom. The van der Waals surface area contributed by atoms with Crippen molar-refractivity contribution in [1.82, 2.24) is 0 Å². The number of hydrogen-bond acceptors (Lipinski definition) is 11. The van der Waals surface area contributed by atoms with Crippen molar-refractivity contribution in [3.63, 3.8) is 0 Å². The molecule has 8 rings (SSSR count). The molecular weight excluding hydrogens is 728 g/mol. The zero-order valence-electron chi connectivity index (χ0n) is 33.1. The molecule has 4 aromatic carbocycles. The second-order valence-corrected chi connectivity index (χ2v) is 15.9.